The summed E-state index contributed by atoms with van der Waals surface area (Å²) in [5, 5.41) is 9.50. The molecule has 0 fully saturated rings. The first-order valence-electron chi connectivity index (χ1n) is 8.70. The zero-order valence-electron chi connectivity index (χ0n) is 15.7. The van der Waals surface area contributed by atoms with E-state index in [-0.39, 0.29) is 11.8 Å². The number of hydrogen-bond donors (Lipinski definition) is 1. The van der Waals surface area contributed by atoms with E-state index in [0.717, 1.165) is 17.5 Å². The Labute approximate surface area is 147 Å². The Kier molecular flexibility index (Phi) is 7.44. The van der Waals surface area contributed by atoms with Crippen molar-refractivity contribution < 1.29 is 8.42 Å². The molecule has 0 amide bonds. The topological polar surface area (TPSA) is 70.0 Å². The Morgan fingerprint density at radius 1 is 1.17 bits per heavy atom. The van der Waals surface area contributed by atoms with Crippen molar-refractivity contribution in [2.75, 3.05) is 6.54 Å². The lowest BCUT2D eigenvalue weighted by Crippen LogP contribution is -2.26. The molecule has 0 bridgehead atoms. The number of nitriles is 1. The summed E-state index contributed by atoms with van der Waals surface area (Å²) >= 11 is 0. The molecule has 0 aliphatic carbocycles. The lowest BCUT2D eigenvalue weighted by Gasteiger charge is -2.22. The Balaban J connectivity index is 3.59. The van der Waals surface area contributed by atoms with Gasteiger partial charge in [-0.3, -0.25) is 0 Å². The van der Waals surface area contributed by atoms with E-state index in [1.165, 1.54) is 0 Å². The fourth-order valence-corrected chi connectivity index (χ4v) is 4.09. The molecule has 0 aliphatic heterocycles. The second kappa shape index (κ2) is 8.64. The number of benzene rings is 1. The van der Waals surface area contributed by atoms with Gasteiger partial charge >= 0.3 is 0 Å². The molecule has 1 unspecified atom stereocenters. The molecule has 1 aromatic carbocycles. The highest BCUT2D eigenvalue weighted by molar-refractivity contribution is 7.89. The van der Waals surface area contributed by atoms with Crippen LogP contribution in [0.1, 0.15) is 70.6 Å². The Morgan fingerprint density at radius 2 is 1.79 bits per heavy atom. The van der Waals surface area contributed by atoms with Gasteiger partial charge in [-0.05, 0) is 53.9 Å². The van der Waals surface area contributed by atoms with Gasteiger partial charge in [0.15, 0.2) is 0 Å². The SMILES string of the molecule is CCCNS(=O)(=O)c1cc(CC(C)C)c(C#N)cc1C(C)C(C)C. The molecular formula is C19H30N2O2S. The third-order valence-corrected chi connectivity index (χ3v) is 5.82. The van der Waals surface area contributed by atoms with Gasteiger partial charge in [-0.15, -0.1) is 0 Å². The van der Waals surface area contributed by atoms with Crippen molar-refractivity contribution in [3.63, 3.8) is 0 Å². The molecule has 0 saturated carbocycles. The summed E-state index contributed by atoms with van der Waals surface area (Å²) in [7, 11) is -3.57. The maximum absolute atomic E-state index is 12.8. The molecule has 5 heteroatoms. The summed E-state index contributed by atoms with van der Waals surface area (Å²) in [5.41, 5.74) is 2.13. The van der Waals surface area contributed by atoms with E-state index in [2.05, 4.69) is 38.5 Å². The summed E-state index contributed by atoms with van der Waals surface area (Å²) in [6.07, 6.45) is 1.43. The van der Waals surface area contributed by atoms with Crippen LogP contribution in [0.25, 0.3) is 0 Å². The second-order valence-corrected chi connectivity index (χ2v) is 8.92. The van der Waals surface area contributed by atoms with Gasteiger partial charge < -0.3 is 0 Å². The lowest BCUT2D eigenvalue weighted by molar-refractivity contribution is 0.522. The van der Waals surface area contributed by atoms with Crippen molar-refractivity contribution in [2.45, 2.75) is 65.2 Å². The minimum atomic E-state index is -3.57. The molecule has 0 saturated heterocycles. The summed E-state index contributed by atoms with van der Waals surface area (Å²) < 4.78 is 28.2. The quantitative estimate of drug-likeness (QED) is 0.763. The summed E-state index contributed by atoms with van der Waals surface area (Å²) in [4.78, 5) is 0.326. The van der Waals surface area contributed by atoms with Gasteiger partial charge in [0.1, 0.15) is 0 Å². The zero-order valence-corrected chi connectivity index (χ0v) is 16.5. The van der Waals surface area contributed by atoms with Crippen LogP contribution >= 0.6 is 0 Å². The van der Waals surface area contributed by atoms with Gasteiger partial charge in [-0.1, -0.05) is 41.5 Å². The summed E-state index contributed by atoms with van der Waals surface area (Å²) in [6, 6.07) is 5.74. The van der Waals surface area contributed by atoms with Crippen molar-refractivity contribution in [3.8, 4) is 6.07 Å². The van der Waals surface area contributed by atoms with Crippen molar-refractivity contribution in [1.29, 1.82) is 5.26 Å². The summed E-state index contributed by atoms with van der Waals surface area (Å²) in [5.74, 6) is 0.690. The van der Waals surface area contributed by atoms with E-state index in [0.29, 0.717) is 29.3 Å². The van der Waals surface area contributed by atoms with Gasteiger partial charge in [0.2, 0.25) is 10.0 Å². The van der Waals surface area contributed by atoms with Crippen LogP contribution in [0, 0.1) is 23.2 Å². The highest BCUT2D eigenvalue weighted by Gasteiger charge is 2.25. The third kappa shape index (κ3) is 5.06. The number of rotatable bonds is 8. The first-order valence-corrected chi connectivity index (χ1v) is 10.2. The second-order valence-electron chi connectivity index (χ2n) is 7.19. The summed E-state index contributed by atoms with van der Waals surface area (Å²) in [6.45, 7) is 12.6. The molecule has 4 nitrogen and oxygen atoms in total. The van der Waals surface area contributed by atoms with Crippen LogP contribution in [-0.2, 0) is 16.4 Å². The van der Waals surface area contributed by atoms with E-state index >= 15 is 0 Å². The van der Waals surface area contributed by atoms with Crippen molar-refractivity contribution in [3.05, 3.63) is 28.8 Å². The molecule has 1 atom stereocenters. The van der Waals surface area contributed by atoms with Crippen LogP contribution < -0.4 is 4.72 Å². The van der Waals surface area contributed by atoms with Crippen LogP contribution in [-0.4, -0.2) is 15.0 Å². The highest BCUT2D eigenvalue weighted by Crippen LogP contribution is 2.32. The van der Waals surface area contributed by atoms with Gasteiger partial charge in [-0.25, -0.2) is 13.1 Å². The molecule has 0 aliphatic rings. The predicted octanol–water partition coefficient (Wildman–Crippen LogP) is 4.20. The number of nitrogens with zero attached hydrogens (tertiary/aromatic N) is 1. The minimum absolute atomic E-state index is 0.0541. The number of hydrogen-bond acceptors (Lipinski definition) is 3. The Bertz CT molecular complexity index is 701. The predicted molar refractivity (Wildman–Crippen MR) is 98.4 cm³/mol. The van der Waals surface area contributed by atoms with Crippen LogP contribution in [0.4, 0.5) is 0 Å². The average molecular weight is 351 g/mol. The fourth-order valence-electron chi connectivity index (χ4n) is 2.61. The molecule has 134 valence electrons. The monoisotopic (exact) mass is 350 g/mol. The van der Waals surface area contributed by atoms with E-state index in [4.69, 9.17) is 0 Å². The Morgan fingerprint density at radius 3 is 2.25 bits per heavy atom. The van der Waals surface area contributed by atoms with Gasteiger partial charge in [0, 0.05) is 6.54 Å². The standard InChI is InChI=1S/C19H30N2O2S/c1-7-8-21-24(22,23)19-11-16(9-13(2)3)17(12-20)10-18(19)15(6)14(4)5/h10-11,13-15,21H,7-9H2,1-6H3. The molecule has 0 spiro atoms. The normalized spacial score (nSPS) is 13.3. The molecule has 24 heavy (non-hydrogen) atoms. The van der Waals surface area contributed by atoms with Gasteiger partial charge in [0.25, 0.3) is 0 Å². The minimum Gasteiger partial charge on any atom is -0.211 e. The first kappa shape index (κ1) is 20.7. The third-order valence-electron chi connectivity index (χ3n) is 4.31. The van der Waals surface area contributed by atoms with Gasteiger partial charge in [0.05, 0.1) is 16.5 Å². The Hall–Kier alpha value is -1.38. The zero-order chi connectivity index (χ0) is 18.5. The van der Waals surface area contributed by atoms with E-state index < -0.39 is 10.0 Å². The van der Waals surface area contributed by atoms with Crippen molar-refractivity contribution in [2.24, 2.45) is 11.8 Å². The fraction of sp³-hybridized carbons (Fsp3) is 0.632. The van der Waals surface area contributed by atoms with Crippen LogP contribution in [0.5, 0.6) is 0 Å². The molecular weight excluding hydrogens is 320 g/mol. The first-order chi connectivity index (χ1) is 11.1. The molecule has 0 heterocycles. The molecule has 1 N–H and O–H groups in total. The number of nitrogens with one attached hydrogen (secondary N) is 1. The van der Waals surface area contributed by atoms with Gasteiger partial charge in [-0.2, -0.15) is 5.26 Å². The maximum atomic E-state index is 12.8. The van der Waals surface area contributed by atoms with Crippen LogP contribution in [0.2, 0.25) is 0 Å². The maximum Gasteiger partial charge on any atom is 0.240 e. The smallest absolute Gasteiger partial charge is 0.211 e. The lowest BCUT2D eigenvalue weighted by atomic mass is 9.87. The average Bonchev–Trinajstić information content (AvgIpc) is 2.51. The van der Waals surface area contributed by atoms with E-state index in [1.54, 1.807) is 12.1 Å². The highest BCUT2D eigenvalue weighted by atomic mass is 32.2. The van der Waals surface area contributed by atoms with Crippen molar-refractivity contribution in [1.82, 2.24) is 4.72 Å². The van der Waals surface area contributed by atoms with Crippen LogP contribution in [0.3, 0.4) is 0 Å². The molecule has 1 rings (SSSR count). The van der Waals surface area contributed by atoms with Crippen LogP contribution in [0.15, 0.2) is 17.0 Å². The van der Waals surface area contributed by atoms with E-state index in [1.807, 2.05) is 13.8 Å². The number of sulfonamides is 1. The molecule has 0 radical (unpaired) electrons. The van der Waals surface area contributed by atoms with Crippen molar-refractivity contribution >= 4 is 10.0 Å². The largest absolute Gasteiger partial charge is 0.240 e. The molecule has 0 aromatic heterocycles. The molecule has 1 aromatic rings. The van der Waals surface area contributed by atoms with E-state index in [9.17, 15) is 13.7 Å².